The first-order chi connectivity index (χ1) is 14.8. The number of rotatable bonds is 5. The molecule has 0 bridgehead atoms. The molecule has 1 N–H and O–H groups in total. The van der Waals surface area contributed by atoms with Gasteiger partial charge in [0.15, 0.2) is 5.82 Å². The lowest BCUT2D eigenvalue weighted by Gasteiger charge is -2.26. The van der Waals surface area contributed by atoms with Crippen LogP contribution >= 0.6 is 11.6 Å². The summed E-state index contributed by atoms with van der Waals surface area (Å²) in [4.78, 5) is 0.285. The van der Waals surface area contributed by atoms with Crippen molar-refractivity contribution in [2.24, 2.45) is 0 Å². The molecule has 4 rings (SSSR count). The van der Waals surface area contributed by atoms with E-state index < -0.39 is 10.0 Å². The van der Waals surface area contributed by atoms with Crippen LogP contribution in [0.5, 0.6) is 0 Å². The van der Waals surface area contributed by atoms with E-state index in [4.69, 9.17) is 16.3 Å². The van der Waals surface area contributed by atoms with E-state index in [0.717, 1.165) is 11.3 Å². The Morgan fingerprint density at radius 2 is 1.74 bits per heavy atom. The van der Waals surface area contributed by atoms with Gasteiger partial charge in [-0.1, -0.05) is 23.7 Å². The molecule has 1 fully saturated rings. The van der Waals surface area contributed by atoms with Crippen molar-refractivity contribution in [2.45, 2.75) is 18.7 Å². The number of nitrogens with zero attached hydrogens (tertiary/aromatic N) is 3. The quantitative estimate of drug-likeness (QED) is 0.617. The Morgan fingerprint density at radius 1 is 0.968 bits per heavy atom. The molecule has 31 heavy (non-hydrogen) atoms. The van der Waals surface area contributed by atoms with E-state index in [0.29, 0.717) is 54.0 Å². The molecule has 162 valence electrons. The van der Waals surface area contributed by atoms with Gasteiger partial charge in [0.1, 0.15) is 0 Å². The summed E-state index contributed by atoms with van der Waals surface area (Å²) in [6.45, 7) is 5.28. The zero-order valence-electron chi connectivity index (χ0n) is 17.3. The highest BCUT2D eigenvalue weighted by molar-refractivity contribution is 7.89. The third-order valence-electron chi connectivity index (χ3n) is 5.19. The molecular weight excluding hydrogens is 436 g/mol. The fourth-order valence-electron chi connectivity index (χ4n) is 3.42. The average Bonchev–Trinajstić information content (AvgIpc) is 2.77. The summed E-state index contributed by atoms with van der Waals surface area (Å²) < 4.78 is 33.0. The lowest BCUT2D eigenvalue weighted by atomic mass is 10.1. The zero-order chi connectivity index (χ0) is 22.0. The monoisotopic (exact) mass is 458 g/mol. The van der Waals surface area contributed by atoms with Crippen LogP contribution in [0.15, 0.2) is 53.4 Å². The second-order valence-corrected chi connectivity index (χ2v) is 9.73. The van der Waals surface area contributed by atoms with Crippen molar-refractivity contribution in [1.82, 2.24) is 14.5 Å². The number of aryl methyl sites for hydroxylation is 2. The number of anilines is 2. The van der Waals surface area contributed by atoms with Crippen LogP contribution < -0.4 is 5.32 Å². The number of ether oxygens (including phenoxy) is 1. The maximum Gasteiger partial charge on any atom is 0.243 e. The Hall–Kier alpha value is -2.52. The van der Waals surface area contributed by atoms with Crippen molar-refractivity contribution in [3.05, 3.63) is 64.7 Å². The molecule has 0 atom stereocenters. The Kier molecular flexibility index (Phi) is 6.24. The maximum atomic E-state index is 13.1. The summed E-state index contributed by atoms with van der Waals surface area (Å²) >= 11 is 6.01. The van der Waals surface area contributed by atoms with E-state index in [9.17, 15) is 8.42 Å². The van der Waals surface area contributed by atoms with Crippen LogP contribution in [0.1, 0.15) is 11.1 Å². The van der Waals surface area contributed by atoms with E-state index in [1.807, 2.05) is 37.3 Å². The predicted molar refractivity (Wildman–Crippen MR) is 121 cm³/mol. The first kappa shape index (κ1) is 21.7. The van der Waals surface area contributed by atoms with E-state index >= 15 is 0 Å². The van der Waals surface area contributed by atoms with Crippen molar-refractivity contribution in [2.75, 3.05) is 31.6 Å². The van der Waals surface area contributed by atoms with Crippen LogP contribution in [-0.2, 0) is 14.8 Å². The first-order valence-electron chi connectivity index (χ1n) is 9.90. The molecule has 0 unspecified atom stereocenters. The van der Waals surface area contributed by atoms with Gasteiger partial charge in [-0.15, -0.1) is 10.2 Å². The van der Waals surface area contributed by atoms with Crippen LogP contribution in [-0.4, -0.2) is 49.2 Å². The van der Waals surface area contributed by atoms with Crippen LogP contribution in [0, 0.1) is 13.8 Å². The fraction of sp³-hybridized carbons (Fsp3) is 0.273. The molecule has 2 heterocycles. The van der Waals surface area contributed by atoms with Crippen molar-refractivity contribution in [1.29, 1.82) is 0 Å². The van der Waals surface area contributed by atoms with Crippen molar-refractivity contribution in [3.8, 4) is 11.3 Å². The molecule has 1 saturated heterocycles. The lowest BCUT2D eigenvalue weighted by molar-refractivity contribution is 0.0730. The highest BCUT2D eigenvalue weighted by Crippen LogP contribution is 2.28. The molecule has 0 radical (unpaired) electrons. The van der Waals surface area contributed by atoms with Gasteiger partial charge in [0.2, 0.25) is 10.0 Å². The smallest absolute Gasteiger partial charge is 0.243 e. The van der Waals surface area contributed by atoms with Gasteiger partial charge in [-0.25, -0.2) is 8.42 Å². The summed E-state index contributed by atoms with van der Waals surface area (Å²) in [7, 11) is -3.60. The Labute approximate surface area is 187 Å². The standard InChI is InChI=1S/C22H23ClN4O3S/c1-15-3-4-17(14-21(15)31(28,29)27-9-11-30-12-10-27)20-7-8-22(26-25-20)24-19-6-5-18(23)13-16(19)2/h3-8,13-14H,9-12H2,1-2H3,(H,24,26). The molecule has 7 nitrogen and oxygen atoms in total. The number of sulfonamides is 1. The molecule has 2 aromatic carbocycles. The summed E-state index contributed by atoms with van der Waals surface area (Å²) in [6.07, 6.45) is 0. The SMILES string of the molecule is Cc1cc(Cl)ccc1Nc1ccc(-c2ccc(C)c(S(=O)(=O)N3CCOCC3)c2)nn1. The molecule has 1 aliphatic heterocycles. The molecule has 9 heteroatoms. The van der Waals surface area contributed by atoms with Gasteiger partial charge in [0, 0.05) is 29.4 Å². The second kappa shape index (κ2) is 8.92. The average molecular weight is 459 g/mol. The molecule has 1 aliphatic rings. The van der Waals surface area contributed by atoms with E-state index in [-0.39, 0.29) is 4.90 Å². The summed E-state index contributed by atoms with van der Waals surface area (Å²) in [6, 6.07) is 14.5. The van der Waals surface area contributed by atoms with Crippen molar-refractivity contribution < 1.29 is 13.2 Å². The predicted octanol–water partition coefficient (Wildman–Crippen LogP) is 4.18. The van der Waals surface area contributed by atoms with Crippen molar-refractivity contribution >= 4 is 33.1 Å². The van der Waals surface area contributed by atoms with Gasteiger partial charge in [0.05, 0.1) is 23.8 Å². The van der Waals surface area contributed by atoms with Crippen LogP contribution in [0.25, 0.3) is 11.3 Å². The van der Waals surface area contributed by atoms with Crippen LogP contribution in [0.4, 0.5) is 11.5 Å². The number of hydrogen-bond donors (Lipinski definition) is 1. The van der Waals surface area contributed by atoms with Gasteiger partial charge in [-0.3, -0.25) is 0 Å². The number of hydrogen-bond acceptors (Lipinski definition) is 6. The number of nitrogens with one attached hydrogen (secondary N) is 1. The first-order valence-corrected chi connectivity index (χ1v) is 11.7. The van der Waals surface area contributed by atoms with Gasteiger partial charge >= 0.3 is 0 Å². The van der Waals surface area contributed by atoms with Crippen molar-refractivity contribution in [3.63, 3.8) is 0 Å². The highest BCUT2D eigenvalue weighted by atomic mass is 35.5. The highest BCUT2D eigenvalue weighted by Gasteiger charge is 2.28. The molecule has 0 spiro atoms. The minimum atomic E-state index is -3.60. The fourth-order valence-corrected chi connectivity index (χ4v) is 5.31. The molecular formula is C22H23ClN4O3S. The largest absolute Gasteiger partial charge is 0.379 e. The zero-order valence-corrected chi connectivity index (χ0v) is 18.9. The van der Waals surface area contributed by atoms with Gasteiger partial charge in [0.25, 0.3) is 0 Å². The minimum absolute atomic E-state index is 0.285. The minimum Gasteiger partial charge on any atom is -0.379 e. The number of morpholine rings is 1. The Balaban J connectivity index is 1.59. The van der Waals surface area contributed by atoms with E-state index in [1.54, 1.807) is 25.1 Å². The number of benzene rings is 2. The molecule has 0 aliphatic carbocycles. The summed E-state index contributed by atoms with van der Waals surface area (Å²) in [5.74, 6) is 0.586. The summed E-state index contributed by atoms with van der Waals surface area (Å²) in [5, 5.41) is 12.4. The van der Waals surface area contributed by atoms with E-state index in [2.05, 4.69) is 15.5 Å². The number of aromatic nitrogens is 2. The lowest BCUT2D eigenvalue weighted by Crippen LogP contribution is -2.40. The molecule has 0 amide bonds. The van der Waals surface area contributed by atoms with Gasteiger partial charge in [-0.2, -0.15) is 4.31 Å². The van der Waals surface area contributed by atoms with Crippen LogP contribution in [0.3, 0.4) is 0 Å². The Morgan fingerprint density at radius 3 is 2.42 bits per heavy atom. The third-order valence-corrected chi connectivity index (χ3v) is 7.46. The van der Waals surface area contributed by atoms with Gasteiger partial charge in [-0.05, 0) is 61.4 Å². The number of halogens is 1. The molecule has 3 aromatic rings. The topological polar surface area (TPSA) is 84.4 Å². The third kappa shape index (κ3) is 4.72. The Bertz CT molecular complexity index is 1190. The van der Waals surface area contributed by atoms with Crippen LogP contribution in [0.2, 0.25) is 5.02 Å². The maximum absolute atomic E-state index is 13.1. The normalized spacial score (nSPS) is 15.1. The molecule has 1 aromatic heterocycles. The molecule has 0 saturated carbocycles. The van der Waals surface area contributed by atoms with Gasteiger partial charge < -0.3 is 10.1 Å². The second-order valence-electron chi connectivity index (χ2n) is 7.38. The van der Waals surface area contributed by atoms with E-state index in [1.165, 1.54) is 4.31 Å². The summed E-state index contributed by atoms with van der Waals surface area (Å²) in [5.41, 5.74) is 3.87.